The van der Waals surface area contributed by atoms with E-state index in [4.69, 9.17) is 5.11 Å². The van der Waals surface area contributed by atoms with Gasteiger partial charge in [0.1, 0.15) is 0 Å². The molecule has 0 aromatic heterocycles. The van der Waals surface area contributed by atoms with Gasteiger partial charge in [0.05, 0.1) is 6.42 Å². The van der Waals surface area contributed by atoms with E-state index >= 15 is 0 Å². The van der Waals surface area contributed by atoms with Crippen LogP contribution in [0.2, 0.25) is 0 Å². The molecule has 0 aliphatic rings. The third kappa shape index (κ3) is 6.27. The van der Waals surface area contributed by atoms with Gasteiger partial charge in [-0.3, -0.25) is 4.79 Å². The molecule has 0 spiro atoms. The van der Waals surface area contributed by atoms with Crippen LogP contribution in [0.4, 0.5) is 4.79 Å². The molecule has 2 unspecified atom stereocenters. The Balaban J connectivity index is 4.05. The molecular formula is C11H22N2O3. The highest BCUT2D eigenvalue weighted by atomic mass is 16.4. The van der Waals surface area contributed by atoms with E-state index in [0.717, 1.165) is 0 Å². The molecule has 3 N–H and O–H groups in total. The molecule has 5 heteroatoms. The largest absolute Gasteiger partial charge is 0.481 e. The first-order valence-corrected chi connectivity index (χ1v) is 5.65. The van der Waals surface area contributed by atoms with Crippen LogP contribution in [0.25, 0.3) is 0 Å². The fourth-order valence-corrected chi connectivity index (χ4v) is 1.11. The van der Waals surface area contributed by atoms with Crippen molar-refractivity contribution >= 4 is 12.0 Å². The van der Waals surface area contributed by atoms with Gasteiger partial charge in [0, 0.05) is 12.1 Å². The predicted octanol–water partition coefficient (Wildman–Crippen LogP) is 1.58. The number of carboxylic acids is 1. The highest BCUT2D eigenvalue weighted by Gasteiger charge is 2.16. The van der Waals surface area contributed by atoms with Gasteiger partial charge in [0.2, 0.25) is 0 Å². The summed E-state index contributed by atoms with van der Waals surface area (Å²) in [4.78, 5) is 22.0. The van der Waals surface area contributed by atoms with Crippen LogP contribution in [0, 0.1) is 5.92 Å². The molecule has 0 saturated carbocycles. The SMILES string of the molecule is CCC(CC(=O)O)NC(=O)NC(C)C(C)C. The average Bonchev–Trinajstić information content (AvgIpc) is 2.15. The molecule has 0 radical (unpaired) electrons. The Kier molecular flexibility index (Phi) is 6.53. The van der Waals surface area contributed by atoms with E-state index in [1.807, 2.05) is 27.7 Å². The lowest BCUT2D eigenvalue weighted by Gasteiger charge is -2.20. The number of carboxylic acid groups (broad SMARTS) is 1. The first-order valence-electron chi connectivity index (χ1n) is 5.65. The fourth-order valence-electron chi connectivity index (χ4n) is 1.11. The Hall–Kier alpha value is -1.26. The quantitative estimate of drug-likeness (QED) is 0.648. The van der Waals surface area contributed by atoms with Crippen molar-refractivity contribution in [1.82, 2.24) is 10.6 Å². The standard InChI is InChI=1S/C11H22N2O3/c1-5-9(6-10(14)15)13-11(16)12-8(4)7(2)3/h7-9H,5-6H2,1-4H3,(H,14,15)(H2,12,13,16). The highest BCUT2D eigenvalue weighted by Crippen LogP contribution is 2.01. The molecule has 2 amide bonds. The monoisotopic (exact) mass is 230 g/mol. The van der Waals surface area contributed by atoms with E-state index in [1.54, 1.807) is 0 Å². The summed E-state index contributed by atoms with van der Waals surface area (Å²) in [6.07, 6.45) is 0.565. The molecule has 0 aliphatic heterocycles. The van der Waals surface area contributed by atoms with E-state index < -0.39 is 5.97 Å². The lowest BCUT2D eigenvalue weighted by molar-refractivity contribution is -0.137. The number of carbonyl (C=O) groups is 2. The summed E-state index contributed by atoms with van der Waals surface area (Å²) in [6.45, 7) is 7.79. The van der Waals surface area contributed by atoms with E-state index in [9.17, 15) is 9.59 Å². The molecule has 0 heterocycles. The van der Waals surface area contributed by atoms with Gasteiger partial charge in [-0.15, -0.1) is 0 Å². The summed E-state index contributed by atoms with van der Waals surface area (Å²) < 4.78 is 0. The molecule has 0 saturated heterocycles. The lowest BCUT2D eigenvalue weighted by Crippen LogP contribution is -2.47. The second-order valence-corrected chi connectivity index (χ2v) is 4.35. The van der Waals surface area contributed by atoms with Crippen LogP contribution in [0.3, 0.4) is 0 Å². The highest BCUT2D eigenvalue weighted by molar-refractivity contribution is 5.75. The topological polar surface area (TPSA) is 78.4 Å². The number of rotatable bonds is 6. The van der Waals surface area contributed by atoms with Gasteiger partial charge in [-0.25, -0.2) is 4.79 Å². The molecule has 2 atom stereocenters. The Bertz CT molecular complexity index is 241. The Morgan fingerprint density at radius 1 is 1.19 bits per heavy atom. The maximum absolute atomic E-state index is 11.5. The number of carbonyl (C=O) groups excluding carboxylic acids is 1. The zero-order valence-electron chi connectivity index (χ0n) is 10.4. The van der Waals surface area contributed by atoms with E-state index in [1.165, 1.54) is 0 Å². The van der Waals surface area contributed by atoms with Crippen LogP contribution in [0.5, 0.6) is 0 Å². The zero-order valence-corrected chi connectivity index (χ0v) is 10.4. The van der Waals surface area contributed by atoms with Crippen molar-refractivity contribution in [3.05, 3.63) is 0 Å². The van der Waals surface area contributed by atoms with Crippen molar-refractivity contribution in [1.29, 1.82) is 0 Å². The van der Waals surface area contributed by atoms with Gasteiger partial charge in [0.15, 0.2) is 0 Å². The van der Waals surface area contributed by atoms with E-state index in [-0.39, 0.29) is 24.5 Å². The first-order chi connectivity index (χ1) is 7.36. The van der Waals surface area contributed by atoms with Crippen LogP contribution < -0.4 is 10.6 Å². The number of nitrogens with one attached hydrogen (secondary N) is 2. The summed E-state index contributed by atoms with van der Waals surface area (Å²) in [5.41, 5.74) is 0. The predicted molar refractivity (Wildman–Crippen MR) is 62.3 cm³/mol. The van der Waals surface area contributed by atoms with E-state index in [2.05, 4.69) is 10.6 Å². The van der Waals surface area contributed by atoms with E-state index in [0.29, 0.717) is 12.3 Å². The second kappa shape index (κ2) is 7.09. The number of amides is 2. The average molecular weight is 230 g/mol. The van der Waals surface area contributed by atoms with Crippen molar-refractivity contribution in [2.24, 2.45) is 5.92 Å². The molecule has 0 rings (SSSR count). The Morgan fingerprint density at radius 3 is 2.12 bits per heavy atom. The van der Waals surface area contributed by atoms with Gasteiger partial charge >= 0.3 is 12.0 Å². The van der Waals surface area contributed by atoms with Crippen molar-refractivity contribution in [3.63, 3.8) is 0 Å². The fraction of sp³-hybridized carbons (Fsp3) is 0.818. The molecule has 5 nitrogen and oxygen atoms in total. The number of urea groups is 1. The van der Waals surface area contributed by atoms with Crippen LogP contribution in [-0.2, 0) is 4.79 Å². The van der Waals surface area contributed by atoms with Crippen LogP contribution in [0.1, 0.15) is 40.5 Å². The third-order valence-corrected chi connectivity index (χ3v) is 2.61. The third-order valence-electron chi connectivity index (χ3n) is 2.61. The normalized spacial score (nSPS) is 14.3. The maximum Gasteiger partial charge on any atom is 0.315 e. The molecular weight excluding hydrogens is 208 g/mol. The molecule has 0 aliphatic carbocycles. The van der Waals surface area contributed by atoms with Gasteiger partial charge in [-0.2, -0.15) is 0 Å². The van der Waals surface area contributed by atoms with Crippen molar-refractivity contribution in [3.8, 4) is 0 Å². The van der Waals surface area contributed by atoms with Crippen LogP contribution >= 0.6 is 0 Å². The number of hydrogen-bond acceptors (Lipinski definition) is 2. The Morgan fingerprint density at radius 2 is 1.75 bits per heavy atom. The molecule has 0 aromatic rings. The van der Waals surface area contributed by atoms with Gasteiger partial charge in [0.25, 0.3) is 0 Å². The maximum atomic E-state index is 11.5. The first kappa shape index (κ1) is 14.7. The van der Waals surface area contributed by atoms with Crippen molar-refractivity contribution in [2.75, 3.05) is 0 Å². The van der Waals surface area contributed by atoms with Crippen LogP contribution in [0.15, 0.2) is 0 Å². The zero-order chi connectivity index (χ0) is 12.7. The number of hydrogen-bond donors (Lipinski definition) is 3. The summed E-state index contributed by atoms with van der Waals surface area (Å²) in [6, 6.07) is -0.534. The molecule has 0 fully saturated rings. The minimum absolute atomic E-state index is 0.0417. The summed E-state index contributed by atoms with van der Waals surface area (Å²) in [5, 5.41) is 14.1. The molecule has 0 bridgehead atoms. The minimum Gasteiger partial charge on any atom is -0.481 e. The smallest absolute Gasteiger partial charge is 0.315 e. The molecule has 94 valence electrons. The molecule has 16 heavy (non-hydrogen) atoms. The van der Waals surface area contributed by atoms with Crippen molar-refractivity contribution in [2.45, 2.75) is 52.6 Å². The second-order valence-electron chi connectivity index (χ2n) is 4.35. The number of aliphatic carboxylic acids is 1. The van der Waals surface area contributed by atoms with Gasteiger partial charge in [-0.1, -0.05) is 20.8 Å². The van der Waals surface area contributed by atoms with Gasteiger partial charge < -0.3 is 15.7 Å². The van der Waals surface area contributed by atoms with Crippen LogP contribution in [-0.4, -0.2) is 29.2 Å². The minimum atomic E-state index is -0.899. The van der Waals surface area contributed by atoms with Gasteiger partial charge in [-0.05, 0) is 19.3 Å². The lowest BCUT2D eigenvalue weighted by atomic mass is 10.1. The summed E-state index contributed by atoms with van der Waals surface area (Å²) >= 11 is 0. The Labute approximate surface area is 96.6 Å². The van der Waals surface area contributed by atoms with Crippen molar-refractivity contribution < 1.29 is 14.7 Å². The molecule has 0 aromatic carbocycles. The summed E-state index contributed by atoms with van der Waals surface area (Å²) in [5.74, 6) is -0.547. The summed E-state index contributed by atoms with van der Waals surface area (Å²) in [7, 11) is 0.